The summed E-state index contributed by atoms with van der Waals surface area (Å²) in [6.45, 7) is -0.333. The number of hydrogen-bond acceptors (Lipinski definition) is 2. The number of carbonyl (C=O) groups is 1. The third kappa shape index (κ3) is 3.28. The van der Waals surface area contributed by atoms with Crippen LogP contribution in [0.25, 0.3) is 0 Å². The fourth-order valence-corrected chi connectivity index (χ4v) is 0.729. The number of nitrogens with zero attached hydrogens (tertiary/aromatic N) is 2. The van der Waals surface area contributed by atoms with Crippen LogP contribution in [0.4, 0.5) is 0 Å². The van der Waals surface area contributed by atoms with Crippen molar-refractivity contribution in [1.82, 2.24) is 4.68 Å². The Hall–Kier alpha value is -1.98. The molecule has 0 aromatic carbocycles. The first kappa shape index (κ1) is 9.11. The summed E-state index contributed by atoms with van der Waals surface area (Å²) in [5.41, 5.74) is 8.03. The van der Waals surface area contributed by atoms with E-state index in [0.29, 0.717) is 0 Å². The molecule has 1 rings (SSSR count). The van der Waals surface area contributed by atoms with Gasteiger partial charge in [-0.15, -0.1) is 0 Å². The lowest BCUT2D eigenvalue weighted by Gasteiger charge is -2.04. The van der Waals surface area contributed by atoms with Gasteiger partial charge in [-0.05, 0) is 12.1 Å². The van der Waals surface area contributed by atoms with Crippen molar-refractivity contribution in [2.45, 2.75) is 0 Å². The summed E-state index contributed by atoms with van der Waals surface area (Å²) in [5, 5.41) is 8.29. The maximum atomic E-state index is 10.1. The van der Waals surface area contributed by atoms with Gasteiger partial charge in [0.05, 0.1) is 0 Å². The Labute approximate surface area is 74.7 Å². The van der Waals surface area contributed by atoms with E-state index in [4.69, 9.17) is 10.8 Å². The summed E-state index contributed by atoms with van der Waals surface area (Å²) >= 11 is 0. The molecular formula is C7H10N4O2. The number of aliphatic carboxylic acids is 1. The van der Waals surface area contributed by atoms with Crippen LogP contribution in [-0.4, -0.2) is 28.3 Å². The number of hydrogen-bond donors (Lipinski definition) is 3. The van der Waals surface area contributed by atoms with E-state index in [0.717, 1.165) is 0 Å². The van der Waals surface area contributed by atoms with Gasteiger partial charge < -0.3 is 10.8 Å². The van der Waals surface area contributed by atoms with Gasteiger partial charge in [-0.2, -0.15) is 0 Å². The van der Waals surface area contributed by atoms with Gasteiger partial charge in [0, 0.05) is 12.4 Å². The van der Waals surface area contributed by atoms with Gasteiger partial charge in [-0.1, -0.05) is 0 Å². The summed E-state index contributed by atoms with van der Waals surface area (Å²) < 4.78 is 1.57. The Kier molecular flexibility index (Phi) is 2.91. The molecule has 1 aromatic rings. The molecule has 13 heavy (non-hydrogen) atoms. The average Bonchev–Trinajstić information content (AvgIpc) is 2.53. The van der Waals surface area contributed by atoms with Crippen molar-refractivity contribution >= 4 is 11.9 Å². The van der Waals surface area contributed by atoms with Crippen molar-refractivity contribution in [3.8, 4) is 0 Å². The maximum absolute atomic E-state index is 10.1. The molecular weight excluding hydrogens is 172 g/mol. The molecule has 0 aliphatic carbocycles. The van der Waals surface area contributed by atoms with Crippen LogP contribution in [0.5, 0.6) is 0 Å². The molecule has 0 atom stereocenters. The first-order chi connectivity index (χ1) is 6.18. The second-order valence-electron chi connectivity index (χ2n) is 2.30. The SMILES string of the molecule is NC(=NCC(=O)O)Nn1cccc1. The molecule has 1 aromatic heterocycles. The van der Waals surface area contributed by atoms with Gasteiger partial charge in [0.2, 0.25) is 5.96 Å². The van der Waals surface area contributed by atoms with Gasteiger partial charge in [-0.3, -0.25) is 14.9 Å². The van der Waals surface area contributed by atoms with Crippen molar-refractivity contribution < 1.29 is 9.90 Å². The zero-order chi connectivity index (χ0) is 9.68. The van der Waals surface area contributed by atoms with Crippen molar-refractivity contribution in [1.29, 1.82) is 0 Å². The number of nitrogens with two attached hydrogens (primary N) is 1. The fourth-order valence-electron chi connectivity index (χ4n) is 0.729. The lowest BCUT2D eigenvalue weighted by atomic mass is 10.7. The van der Waals surface area contributed by atoms with Crippen LogP contribution >= 0.6 is 0 Å². The summed E-state index contributed by atoms with van der Waals surface area (Å²) in [6.07, 6.45) is 3.45. The van der Waals surface area contributed by atoms with Crippen molar-refractivity contribution in [3.05, 3.63) is 24.5 Å². The van der Waals surface area contributed by atoms with Crippen LogP contribution < -0.4 is 11.2 Å². The zero-order valence-electron chi connectivity index (χ0n) is 6.84. The zero-order valence-corrected chi connectivity index (χ0v) is 6.84. The summed E-state index contributed by atoms with van der Waals surface area (Å²) in [5.74, 6) is -0.948. The first-order valence-electron chi connectivity index (χ1n) is 3.60. The molecule has 0 spiro atoms. The molecule has 1 heterocycles. The molecule has 6 heteroatoms. The highest BCUT2D eigenvalue weighted by Gasteiger charge is 1.95. The molecule has 0 fully saturated rings. The molecule has 0 saturated heterocycles. The van der Waals surface area contributed by atoms with Crippen LogP contribution in [0.3, 0.4) is 0 Å². The number of aromatic nitrogens is 1. The lowest BCUT2D eigenvalue weighted by Crippen LogP contribution is -2.30. The highest BCUT2D eigenvalue weighted by Crippen LogP contribution is 1.84. The Morgan fingerprint density at radius 1 is 1.54 bits per heavy atom. The third-order valence-electron chi connectivity index (χ3n) is 1.23. The molecule has 0 aliphatic rings. The van der Waals surface area contributed by atoms with Crippen LogP contribution in [0.15, 0.2) is 29.5 Å². The highest BCUT2D eigenvalue weighted by molar-refractivity contribution is 5.87. The minimum absolute atomic E-state index is 0.0681. The number of aliphatic imine (C=N–C) groups is 1. The molecule has 0 bridgehead atoms. The van der Waals surface area contributed by atoms with E-state index in [1.54, 1.807) is 29.2 Å². The van der Waals surface area contributed by atoms with E-state index in [1.165, 1.54) is 0 Å². The Balaban J connectivity index is 2.45. The quantitative estimate of drug-likeness (QED) is 0.431. The molecule has 0 radical (unpaired) electrons. The molecule has 0 aliphatic heterocycles. The van der Waals surface area contributed by atoms with E-state index < -0.39 is 5.97 Å². The predicted molar refractivity (Wildman–Crippen MR) is 47.9 cm³/mol. The van der Waals surface area contributed by atoms with Crippen LogP contribution in [0, 0.1) is 0 Å². The topological polar surface area (TPSA) is 92.6 Å². The standard InChI is InChI=1S/C7H10N4O2/c8-7(9-5-6(12)13)10-11-3-1-2-4-11/h1-4H,5H2,(H,12,13)(H3,8,9,10). The summed E-state index contributed by atoms with van der Waals surface area (Å²) in [7, 11) is 0. The Bertz CT molecular complexity index is 304. The highest BCUT2D eigenvalue weighted by atomic mass is 16.4. The summed E-state index contributed by atoms with van der Waals surface area (Å²) in [4.78, 5) is 13.7. The van der Waals surface area contributed by atoms with E-state index in [-0.39, 0.29) is 12.5 Å². The van der Waals surface area contributed by atoms with E-state index in [2.05, 4.69) is 10.4 Å². The molecule has 0 unspecified atom stereocenters. The van der Waals surface area contributed by atoms with Crippen molar-refractivity contribution in [3.63, 3.8) is 0 Å². The van der Waals surface area contributed by atoms with Crippen molar-refractivity contribution in [2.24, 2.45) is 10.7 Å². The van der Waals surface area contributed by atoms with E-state index >= 15 is 0 Å². The molecule has 0 amide bonds. The van der Waals surface area contributed by atoms with E-state index in [9.17, 15) is 4.79 Å². The molecule has 0 saturated carbocycles. The fraction of sp³-hybridized carbons (Fsp3) is 0.143. The number of carboxylic acids is 1. The van der Waals surface area contributed by atoms with Gasteiger partial charge in [0.25, 0.3) is 0 Å². The minimum atomic E-state index is -1.02. The van der Waals surface area contributed by atoms with Crippen LogP contribution in [-0.2, 0) is 4.79 Å². The minimum Gasteiger partial charge on any atom is -0.480 e. The predicted octanol–water partition coefficient (Wildman–Crippen LogP) is -0.569. The molecule has 4 N–H and O–H groups in total. The lowest BCUT2D eigenvalue weighted by molar-refractivity contribution is -0.135. The second-order valence-corrected chi connectivity index (χ2v) is 2.30. The van der Waals surface area contributed by atoms with E-state index in [1.807, 2.05) is 0 Å². The Morgan fingerprint density at radius 3 is 2.69 bits per heavy atom. The van der Waals surface area contributed by atoms with Gasteiger partial charge >= 0.3 is 5.97 Å². The second kappa shape index (κ2) is 4.15. The van der Waals surface area contributed by atoms with Gasteiger partial charge in [0.1, 0.15) is 6.54 Å². The number of nitrogens with one attached hydrogen (secondary N) is 1. The normalized spacial score (nSPS) is 11.2. The van der Waals surface area contributed by atoms with Crippen molar-refractivity contribution in [2.75, 3.05) is 12.0 Å². The first-order valence-corrected chi connectivity index (χ1v) is 3.60. The molecule has 70 valence electrons. The maximum Gasteiger partial charge on any atom is 0.325 e. The van der Waals surface area contributed by atoms with Crippen LogP contribution in [0.1, 0.15) is 0 Å². The van der Waals surface area contributed by atoms with Gasteiger partial charge in [-0.25, -0.2) is 4.99 Å². The monoisotopic (exact) mass is 182 g/mol. The number of carboxylic acid groups (broad SMARTS) is 1. The Morgan fingerprint density at radius 2 is 2.15 bits per heavy atom. The number of guanidine groups is 1. The smallest absolute Gasteiger partial charge is 0.325 e. The third-order valence-corrected chi connectivity index (χ3v) is 1.23. The summed E-state index contributed by atoms with van der Waals surface area (Å²) in [6, 6.07) is 3.61. The van der Waals surface area contributed by atoms with Crippen LogP contribution in [0.2, 0.25) is 0 Å². The molecule has 6 nitrogen and oxygen atoms in total. The average molecular weight is 182 g/mol. The number of rotatable bonds is 3. The largest absolute Gasteiger partial charge is 0.480 e. The van der Waals surface area contributed by atoms with Gasteiger partial charge in [0.15, 0.2) is 0 Å².